The molecule has 0 saturated heterocycles. The molecule has 1 saturated carbocycles. The molecule has 0 radical (unpaired) electrons. The maximum atomic E-state index is 12.6. The van der Waals surface area contributed by atoms with Gasteiger partial charge in [0.2, 0.25) is 11.9 Å². The molecule has 1 aliphatic carbocycles. The quantitative estimate of drug-likeness (QED) is 0.255. The smallest absolute Gasteiger partial charge is 0.227 e. The standard InChI is InChI=1S/C28H34N8O2/c1-3-36-17-29-25-26(34-28(35-27(25)36)33-20-10-13-23(37)14-11-20)32-22-9-5-8-21(16-22)31-24(38)15-12-19-7-4-6-18(2)30-19/h4-9,16-17,20,23,37H,3,10-15H2,1-2H3,(H,31,38)(H2,32,33,34,35). The van der Waals surface area contributed by atoms with Crippen molar-refractivity contribution < 1.29 is 9.90 Å². The van der Waals surface area contributed by atoms with E-state index in [2.05, 4.69) is 25.9 Å². The second-order valence-corrected chi connectivity index (χ2v) is 9.77. The number of aryl methyl sites for hydroxylation is 3. The Hall–Kier alpha value is -4.05. The molecule has 4 aromatic rings. The maximum absolute atomic E-state index is 12.6. The van der Waals surface area contributed by atoms with Crippen molar-refractivity contribution >= 4 is 40.2 Å². The third-order valence-corrected chi connectivity index (χ3v) is 6.80. The molecule has 1 fully saturated rings. The van der Waals surface area contributed by atoms with Crippen molar-refractivity contribution in [2.45, 2.75) is 71.1 Å². The van der Waals surface area contributed by atoms with Gasteiger partial charge >= 0.3 is 0 Å². The SMILES string of the molecule is CCn1cnc2c(Nc3cccc(NC(=O)CCc4cccc(C)n4)c3)nc(NC3CCC(O)CC3)nc21. The van der Waals surface area contributed by atoms with Crippen LogP contribution in [0.2, 0.25) is 0 Å². The van der Waals surface area contributed by atoms with Gasteiger partial charge in [-0.3, -0.25) is 9.78 Å². The number of nitrogens with zero attached hydrogens (tertiary/aromatic N) is 5. The summed E-state index contributed by atoms with van der Waals surface area (Å²) >= 11 is 0. The van der Waals surface area contributed by atoms with Gasteiger partial charge in [-0.25, -0.2) is 4.98 Å². The first-order valence-electron chi connectivity index (χ1n) is 13.2. The van der Waals surface area contributed by atoms with Crippen molar-refractivity contribution in [3.63, 3.8) is 0 Å². The lowest BCUT2D eigenvalue weighted by atomic mass is 9.93. The minimum Gasteiger partial charge on any atom is -0.393 e. The number of fused-ring (bicyclic) bond motifs is 1. The van der Waals surface area contributed by atoms with Crippen molar-refractivity contribution in [3.8, 4) is 0 Å². The zero-order chi connectivity index (χ0) is 26.5. The Kier molecular flexibility index (Phi) is 7.78. The molecule has 0 atom stereocenters. The monoisotopic (exact) mass is 514 g/mol. The van der Waals surface area contributed by atoms with Gasteiger partial charge in [0.05, 0.1) is 12.4 Å². The van der Waals surface area contributed by atoms with E-state index >= 15 is 0 Å². The lowest BCUT2D eigenvalue weighted by Gasteiger charge is -2.26. The molecule has 198 valence electrons. The number of hydrogen-bond donors (Lipinski definition) is 4. The van der Waals surface area contributed by atoms with Crippen LogP contribution in [0.3, 0.4) is 0 Å². The predicted molar refractivity (Wildman–Crippen MR) is 149 cm³/mol. The first-order valence-corrected chi connectivity index (χ1v) is 13.2. The van der Waals surface area contributed by atoms with E-state index in [-0.39, 0.29) is 18.1 Å². The first-order chi connectivity index (χ1) is 18.5. The Morgan fingerprint density at radius 2 is 1.84 bits per heavy atom. The molecule has 0 aliphatic heterocycles. The van der Waals surface area contributed by atoms with Crippen LogP contribution in [0, 0.1) is 6.92 Å². The zero-order valence-corrected chi connectivity index (χ0v) is 21.8. The van der Waals surface area contributed by atoms with E-state index in [1.807, 2.05) is 60.9 Å². The number of benzene rings is 1. The van der Waals surface area contributed by atoms with Crippen LogP contribution in [0.4, 0.5) is 23.1 Å². The van der Waals surface area contributed by atoms with Gasteiger partial charge in [0.1, 0.15) is 0 Å². The third-order valence-electron chi connectivity index (χ3n) is 6.80. The van der Waals surface area contributed by atoms with Crippen LogP contribution < -0.4 is 16.0 Å². The molecule has 1 amide bonds. The largest absolute Gasteiger partial charge is 0.393 e. The summed E-state index contributed by atoms with van der Waals surface area (Å²) < 4.78 is 1.98. The number of imidazole rings is 1. The summed E-state index contributed by atoms with van der Waals surface area (Å²) in [6, 6.07) is 13.6. The molecule has 5 rings (SSSR count). The van der Waals surface area contributed by atoms with Gasteiger partial charge in [-0.2, -0.15) is 9.97 Å². The molecule has 38 heavy (non-hydrogen) atoms. The van der Waals surface area contributed by atoms with Gasteiger partial charge in [-0.1, -0.05) is 12.1 Å². The van der Waals surface area contributed by atoms with Crippen molar-refractivity contribution in [2.24, 2.45) is 0 Å². The summed E-state index contributed by atoms with van der Waals surface area (Å²) in [6.45, 7) is 4.73. The summed E-state index contributed by atoms with van der Waals surface area (Å²) in [6.07, 6.45) is 5.78. The lowest BCUT2D eigenvalue weighted by Crippen LogP contribution is -2.29. The van der Waals surface area contributed by atoms with E-state index < -0.39 is 0 Å². The number of nitrogens with one attached hydrogen (secondary N) is 3. The molecule has 3 heterocycles. The number of pyridine rings is 1. The summed E-state index contributed by atoms with van der Waals surface area (Å²) in [4.78, 5) is 31.1. The molecule has 10 nitrogen and oxygen atoms in total. The number of aromatic nitrogens is 5. The van der Waals surface area contributed by atoms with E-state index in [9.17, 15) is 9.90 Å². The summed E-state index contributed by atoms with van der Waals surface area (Å²) in [5.41, 5.74) is 4.75. The number of anilines is 4. The average molecular weight is 515 g/mol. The Balaban J connectivity index is 1.30. The number of hydrogen-bond acceptors (Lipinski definition) is 8. The van der Waals surface area contributed by atoms with Gasteiger partial charge in [0.15, 0.2) is 17.0 Å². The fourth-order valence-corrected chi connectivity index (χ4v) is 4.75. The first kappa shape index (κ1) is 25.6. The molecular weight excluding hydrogens is 480 g/mol. The van der Waals surface area contributed by atoms with E-state index in [4.69, 9.17) is 9.97 Å². The van der Waals surface area contributed by atoms with Crippen LogP contribution in [0.5, 0.6) is 0 Å². The lowest BCUT2D eigenvalue weighted by molar-refractivity contribution is -0.116. The molecule has 10 heteroatoms. The summed E-state index contributed by atoms with van der Waals surface area (Å²) in [5, 5.41) is 19.7. The van der Waals surface area contributed by atoms with E-state index in [1.165, 1.54) is 0 Å². The van der Waals surface area contributed by atoms with Crippen LogP contribution in [0.1, 0.15) is 50.4 Å². The number of aliphatic hydroxyl groups is 1. The van der Waals surface area contributed by atoms with Crippen LogP contribution >= 0.6 is 0 Å². The normalized spacial score (nSPS) is 17.3. The topological polar surface area (TPSA) is 130 Å². The second-order valence-electron chi connectivity index (χ2n) is 9.77. The maximum Gasteiger partial charge on any atom is 0.227 e. The Bertz CT molecular complexity index is 1410. The minimum absolute atomic E-state index is 0.0688. The number of carbonyl (C=O) groups excluding carboxylic acids is 1. The van der Waals surface area contributed by atoms with E-state index in [1.54, 1.807) is 6.33 Å². The van der Waals surface area contributed by atoms with Crippen LogP contribution in [0.25, 0.3) is 11.2 Å². The Morgan fingerprint density at radius 3 is 2.63 bits per heavy atom. The van der Waals surface area contributed by atoms with Crippen molar-refractivity contribution in [2.75, 3.05) is 16.0 Å². The summed E-state index contributed by atoms with van der Waals surface area (Å²) in [7, 11) is 0. The Labute approximate surface area is 222 Å². The molecule has 1 aliphatic rings. The molecule has 1 aromatic carbocycles. The van der Waals surface area contributed by atoms with Gasteiger partial charge in [0.25, 0.3) is 0 Å². The number of carbonyl (C=O) groups is 1. The highest BCUT2D eigenvalue weighted by Crippen LogP contribution is 2.27. The third kappa shape index (κ3) is 6.25. The fourth-order valence-electron chi connectivity index (χ4n) is 4.75. The van der Waals surface area contributed by atoms with E-state index in [0.29, 0.717) is 35.8 Å². The average Bonchev–Trinajstić information content (AvgIpc) is 3.32. The number of aliphatic hydroxyl groups excluding tert-OH is 1. The molecular formula is C28H34N8O2. The summed E-state index contributed by atoms with van der Waals surface area (Å²) in [5.74, 6) is 1.06. The van der Waals surface area contributed by atoms with Crippen molar-refractivity contribution in [1.29, 1.82) is 0 Å². The predicted octanol–water partition coefficient (Wildman–Crippen LogP) is 4.58. The van der Waals surface area contributed by atoms with Gasteiger partial charge < -0.3 is 25.6 Å². The highest BCUT2D eigenvalue weighted by atomic mass is 16.3. The van der Waals surface area contributed by atoms with Crippen molar-refractivity contribution in [3.05, 3.63) is 60.2 Å². The van der Waals surface area contributed by atoms with Crippen LogP contribution in [-0.4, -0.2) is 47.7 Å². The molecule has 4 N–H and O–H groups in total. The molecule has 3 aromatic heterocycles. The molecule has 0 spiro atoms. The van der Waals surface area contributed by atoms with Gasteiger partial charge in [-0.05, 0) is 76.3 Å². The second kappa shape index (κ2) is 11.6. The number of amides is 1. The molecule has 0 unspecified atom stereocenters. The minimum atomic E-state index is -0.220. The van der Waals surface area contributed by atoms with E-state index in [0.717, 1.165) is 55.0 Å². The highest BCUT2D eigenvalue weighted by Gasteiger charge is 2.21. The zero-order valence-electron chi connectivity index (χ0n) is 21.8. The number of rotatable bonds is 9. The highest BCUT2D eigenvalue weighted by molar-refractivity contribution is 5.92. The molecule has 0 bridgehead atoms. The van der Waals surface area contributed by atoms with Crippen LogP contribution in [0.15, 0.2) is 48.8 Å². The van der Waals surface area contributed by atoms with Gasteiger partial charge in [0, 0.05) is 41.8 Å². The van der Waals surface area contributed by atoms with Crippen LogP contribution in [-0.2, 0) is 17.8 Å². The Morgan fingerprint density at radius 1 is 1.05 bits per heavy atom. The van der Waals surface area contributed by atoms with Crippen molar-refractivity contribution in [1.82, 2.24) is 24.5 Å². The van der Waals surface area contributed by atoms with Gasteiger partial charge in [-0.15, -0.1) is 0 Å². The fraction of sp³-hybridized carbons (Fsp3) is 0.393.